The first-order chi connectivity index (χ1) is 9.60. The van der Waals surface area contributed by atoms with Crippen molar-refractivity contribution in [2.75, 3.05) is 7.11 Å². The van der Waals surface area contributed by atoms with Crippen LogP contribution in [-0.4, -0.2) is 7.11 Å². The fourth-order valence-corrected chi connectivity index (χ4v) is 2.56. The van der Waals surface area contributed by atoms with E-state index in [1.165, 1.54) is 27.8 Å². The standard InChI is InChI=1S/C18H23NO/c1-13-9-14(2)18(15(3)10-13)12-19-11-16-5-7-17(20-4)8-6-16/h5-10,19H,11-12H2,1-4H3. The number of methoxy groups -OCH3 is 1. The smallest absolute Gasteiger partial charge is 0.118 e. The lowest BCUT2D eigenvalue weighted by Gasteiger charge is -2.12. The van der Waals surface area contributed by atoms with Crippen LogP contribution in [0.5, 0.6) is 5.75 Å². The predicted molar refractivity (Wildman–Crippen MR) is 84.2 cm³/mol. The summed E-state index contributed by atoms with van der Waals surface area (Å²) in [6.45, 7) is 8.30. The van der Waals surface area contributed by atoms with Crippen LogP contribution in [0, 0.1) is 20.8 Å². The van der Waals surface area contributed by atoms with Crippen LogP contribution < -0.4 is 10.1 Å². The zero-order valence-corrected chi connectivity index (χ0v) is 12.8. The Kier molecular flexibility index (Phi) is 4.80. The number of hydrogen-bond donors (Lipinski definition) is 1. The molecule has 2 aromatic rings. The van der Waals surface area contributed by atoms with Crippen molar-refractivity contribution in [1.29, 1.82) is 0 Å². The van der Waals surface area contributed by atoms with Gasteiger partial charge in [-0.15, -0.1) is 0 Å². The molecule has 0 aliphatic rings. The van der Waals surface area contributed by atoms with Crippen molar-refractivity contribution in [2.24, 2.45) is 0 Å². The van der Waals surface area contributed by atoms with E-state index in [2.05, 4.69) is 50.4 Å². The number of hydrogen-bond acceptors (Lipinski definition) is 2. The van der Waals surface area contributed by atoms with Gasteiger partial charge in [0, 0.05) is 13.1 Å². The van der Waals surface area contributed by atoms with E-state index in [9.17, 15) is 0 Å². The summed E-state index contributed by atoms with van der Waals surface area (Å²) in [6.07, 6.45) is 0. The monoisotopic (exact) mass is 269 g/mol. The van der Waals surface area contributed by atoms with Crippen molar-refractivity contribution < 1.29 is 4.74 Å². The SMILES string of the molecule is COc1ccc(CNCc2c(C)cc(C)cc2C)cc1. The minimum Gasteiger partial charge on any atom is -0.497 e. The molecule has 0 amide bonds. The van der Waals surface area contributed by atoms with Crippen molar-refractivity contribution in [3.63, 3.8) is 0 Å². The first-order valence-corrected chi connectivity index (χ1v) is 7.00. The largest absolute Gasteiger partial charge is 0.497 e. The van der Waals surface area contributed by atoms with Crippen molar-refractivity contribution >= 4 is 0 Å². The van der Waals surface area contributed by atoms with Gasteiger partial charge >= 0.3 is 0 Å². The highest BCUT2D eigenvalue weighted by Crippen LogP contribution is 2.16. The van der Waals surface area contributed by atoms with Crippen LogP contribution in [-0.2, 0) is 13.1 Å². The van der Waals surface area contributed by atoms with Crippen molar-refractivity contribution in [3.05, 3.63) is 64.2 Å². The Labute approximate surface area is 121 Å². The molecule has 0 spiro atoms. The van der Waals surface area contributed by atoms with Crippen LogP contribution in [0.1, 0.15) is 27.8 Å². The van der Waals surface area contributed by atoms with Gasteiger partial charge in [0.2, 0.25) is 0 Å². The first-order valence-electron chi connectivity index (χ1n) is 7.00. The lowest BCUT2D eigenvalue weighted by molar-refractivity contribution is 0.414. The molecule has 0 aliphatic carbocycles. The third-order valence-corrected chi connectivity index (χ3v) is 3.63. The van der Waals surface area contributed by atoms with Gasteiger partial charge < -0.3 is 10.1 Å². The third-order valence-electron chi connectivity index (χ3n) is 3.63. The highest BCUT2D eigenvalue weighted by atomic mass is 16.5. The van der Waals surface area contributed by atoms with Gasteiger partial charge in [0.1, 0.15) is 5.75 Å². The average molecular weight is 269 g/mol. The lowest BCUT2D eigenvalue weighted by Crippen LogP contribution is -2.14. The van der Waals surface area contributed by atoms with Gasteiger partial charge in [0.05, 0.1) is 7.11 Å². The van der Waals surface area contributed by atoms with Gasteiger partial charge in [-0.05, 0) is 55.2 Å². The van der Waals surface area contributed by atoms with Crippen LogP contribution in [0.4, 0.5) is 0 Å². The third kappa shape index (κ3) is 3.61. The van der Waals surface area contributed by atoms with Crippen LogP contribution in [0.3, 0.4) is 0 Å². The quantitative estimate of drug-likeness (QED) is 0.888. The normalized spacial score (nSPS) is 10.6. The van der Waals surface area contributed by atoms with Gasteiger partial charge in [0.25, 0.3) is 0 Å². The molecule has 0 aliphatic heterocycles. The molecule has 0 bridgehead atoms. The van der Waals surface area contributed by atoms with Gasteiger partial charge in [-0.25, -0.2) is 0 Å². The van der Waals surface area contributed by atoms with Gasteiger partial charge in [0.15, 0.2) is 0 Å². The molecule has 2 aromatic carbocycles. The Morgan fingerprint density at radius 2 is 1.50 bits per heavy atom. The summed E-state index contributed by atoms with van der Waals surface area (Å²) in [4.78, 5) is 0. The predicted octanol–water partition coefficient (Wildman–Crippen LogP) is 3.91. The molecular weight excluding hydrogens is 246 g/mol. The van der Waals surface area contributed by atoms with Crippen LogP contribution in [0.15, 0.2) is 36.4 Å². The van der Waals surface area contributed by atoms with Crippen LogP contribution in [0.2, 0.25) is 0 Å². The van der Waals surface area contributed by atoms with E-state index in [0.717, 1.165) is 18.8 Å². The molecule has 0 atom stereocenters. The summed E-state index contributed by atoms with van der Waals surface area (Å²) < 4.78 is 5.17. The highest BCUT2D eigenvalue weighted by Gasteiger charge is 2.03. The summed E-state index contributed by atoms with van der Waals surface area (Å²) in [5, 5.41) is 3.52. The topological polar surface area (TPSA) is 21.3 Å². The molecule has 0 radical (unpaired) electrons. The zero-order chi connectivity index (χ0) is 14.5. The second kappa shape index (κ2) is 6.58. The van der Waals surface area contributed by atoms with Gasteiger partial charge in [-0.1, -0.05) is 29.8 Å². The molecule has 1 N–H and O–H groups in total. The number of ether oxygens (including phenoxy) is 1. The van der Waals surface area contributed by atoms with E-state index >= 15 is 0 Å². The maximum atomic E-state index is 5.17. The maximum absolute atomic E-state index is 5.17. The second-order valence-electron chi connectivity index (χ2n) is 5.33. The molecule has 106 valence electrons. The van der Waals surface area contributed by atoms with Crippen molar-refractivity contribution in [1.82, 2.24) is 5.32 Å². The average Bonchev–Trinajstić information content (AvgIpc) is 2.42. The Morgan fingerprint density at radius 3 is 2.05 bits per heavy atom. The summed E-state index contributed by atoms with van der Waals surface area (Å²) in [7, 11) is 1.69. The minimum absolute atomic E-state index is 0.872. The number of aryl methyl sites for hydroxylation is 3. The van der Waals surface area contributed by atoms with Crippen LogP contribution >= 0.6 is 0 Å². The highest BCUT2D eigenvalue weighted by molar-refractivity contribution is 5.37. The molecule has 2 heteroatoms. The number of benzene rings is 2. The van der Waals surface area contributed by atoms with Crippen molar-refractivity contribution in [3.8, 4) is 5.75 Å². The van der Waals surface area contributed by atoms with Crippen molar-refractivity contribution in [2.45, 2.75) is 33.9 Å². The second-order valence-corrected chi connectivity index (χ2v) is 5.33. The molecule has 0 saturated carbocycles. The zero-order valence-electron chi connectivity index (χ0n) is 12.8. The number of rotatable bonds is 5. The molecule has 20 heavy (non-hydrogen) atoms. The Morgan fingerprint density at radius 1 is 0.900 bits per heavy atom. The Balaban J connectivity index is 1.95. The Bertz CT molecular complexity index is 549. The fraction of sp³-hybridized carbons (Fsp3) is 0.333. The van der Waals surface area contributed by atoms with E-state index in [1.807, 2.05) is 12.1 Å². The molecule has 0 heterocycles. The molecule has 2 nitrogen and oxygen atoms in total. The molecule has 0 aromatic heterocycles. The van der Waals surface area contributed by atoms with E-state index in [4.69, 9.17) is 4.74 Å². The summed E-state index contributed by atoms with van der Waals surface area (Å²) in [6, 6.07) is 12.7. The van der Waals surface area contributed by atoms with Crippen LogP contribution in [0.25, 0.3) is 0 Å². The number of nitrogens with one attached hydrogen (secondary N) is 1. The summed E-state index contributed by atoms with van der Waals surface area (Å²) in [5.41, 5.74) is 6.74. The lowest BCUT2D eigenvalue weighted by atomic mass is 10.00. The van der Waals surface area contributed by atoms with E-state index < -0.39 is 0 Å². The molecule has 0 fully saturated rings. The Hall–Kier alpha value is -1.80. The minimum atomic E-state index is 0.872. The van der Waals surface area contributed by atoms with E-state index in [-0.39, 0.29) is 0 Å². The molecule has 2 rings (SSSR count). The first kappa shape index (κ1) is 14.6. The van der Waals surface area contributed by atoms with E-state index in [0.29, 0.717) is 0 Å². The van der Waals surface area contributed by atoms with E-state index in [1.54, 1.807) is 7.11 Å². The summed E-state index contributed by atoms with van der Waals surface area (Å²) >= 11 is 0. The van der Waals surface area contributed by atoms with Gasteiger partial charge in [-0.3, -0.25) is 0 Å². The maximum Gasteiger partial charge on any atom is 0.118 e. The van der Waals surface area contributed by atoms with Gasteiger partial charge in [-0.2, -0.15) is 0 Å². The molecule has 0 saturated heterocycles. The summed E-state index contributed by atoms with van der Waals surface area (Å²) in [5.74, 6) is 0.902. The fourth-order valence-electron chi connectivity index (χ4n) is 2.56. The molecule has 0 unspecified atom stereocenters. The molecular formula is C18H23NO.